The standard InChI is InChI=1S/C22H32O3/c1-6-25-18-13-19-21(4,10-7-11-22(19,5)20(23)24)17-9-8-15(14(2)3)12-16(17)18/h8-9,12,14,18-19H,6-7,10-11,13H2,1-5H3,(H,23,24)/t18-,19-,21-,22-/m1/s1. The van der Waals surface area contributed by atoms with E-state index in [0.29, 0.717) is 12.5 Å². The molecule has 0 aromatic heterocycles. The molecule has 3 nitrogen and oxygen atoms in total. The first-order valence-electron chi connectivity index (χ1n) is 9.73. The zero-order valence-electron chi connectivity index (χ0n) is 16.3. The summed E-state index contributed by atoms with van der Waals surface area (Å²) in [6.45, 7) is 11.3. The fraction of sp³-hybridized carbons (Fsp3) is 0.682. The summed E-state index contributed by atoms with van der Waals surface area (Å²) < 4.78 is 6.12. The topological polar surface area (TPSA) is 46.5 Å². The van der Waals surface area contributed by atoms with Gasteiger partial charge in [-0.05, 0) is 67.1 Å². The molecule has 3 rings (SSSR count). The molecule has 4 atom stereocenters. The van der Waals surface area contributed by atoms with E-state index in [1.54, 1.807) is 0 Å². The van der Waals surface area contributed by atoms with Gasteiger partial charge in [-0.3, -0.25) is 4.79 Å². The zero-order chi connectivity index (χ0) is 18.4. The molecule has 2 aliphatic rings. The highest BCUT2D eigenvalue weighted by molar-refractivity contribution is 5.75. The Labute approximate surface area is 151 Å². The lowest BCUT2D eigenvalue weighted by Crippen LogP contribution is -2.53. The molecule has 1 N–H and O–H groups in total. The largest absolute Gasteiger partial charge is 0.481 e. The highest BCUT2D eigenvalue weighted by Gasteiger charge is 2.57. The summed E-state index contributed by atoms with van der Waals surface area (Å²) in [5.74, 6) is -0.0603. The number of hydrogen-bond acceptors (Lipinski definition) is 2. The van der Waals surface area contributed by atoms with Crippen LogP contribution in [0.25, 0.3) is 0 Å². The first kappa shape index (κ1) is 18.4. The van der Waals surface area contributed by atoms with Crippen LogP contribution in [-0.4, -0.2) is 17.7 Å². The minimum atomic E-state index is -0.670. The van der Waals surface area contributed by atoms with E-state index in [1.165, 1.54) is 16.7 Å². The molecule has 25 heavy (non-hydrogen) atoms. The minimum absolute atomic E-state index is 0.00792. The van der Waals surface area contributed by atoms with E-state index >= 15 is 0 Å². The van der Waals surface area contributed by atoms with Crippen molar-refractivity contribution in [1.82, 2.24) is 0 Å². The normalized spacial score (nSPS) is 34.5. The van der Waals surface area contributed by atoms with E-state index in [1.807, 2.05) is 13.8 Å². The fourth-order valence-corrected chi connectivity index (χ4v) is 5.40. The molecule has 1 fully saturated rings. The molecule has 1 saturated carbocycles. The molecule has 1 aromatic carbocycles. The van der Waals surface area contributed by atoms with E-state index < -0.39 is 11.4 Å². The molecule has 0 radical (unpaired) electrons. The number of aliphatic carboxylic acids is 1. The molecule has 1 aromatic rings. The summed E-state index contributed by atoms with van der Waals surface area (Å²) in [5, 5.41) is 9.99. The average molecular weight is 344 g/mol. The number of ether oxygens (including phenoxy) is 1. The van der Waals surface area contributed by atoms with E-state index in [9.17, 15) is 9.90 Å². The SMILES string of the molecule is CCO[C@@H]1C[C@H]2[C@](C)(C(=O)O)CCC[C@]2(C)c2ccc(C(C)C)cc21. The van der Waals surface area contributed by atoms with Crippen molar-refractivity contribution in [3.8, 4) is 0 Å². The van der Waals surface area contributed by atoms with E-state index in [-0.39, 0.29) is 17.4 Å². The van der Waals surface area contributed by atoms with Crippen LogP contribution in [0.3, 0.4) is 0 Å². The highest BCUT2D eigenvalue weighted by atomic mass is 16.5. The van der Waals surface area contributed by atoms with Crippen molar-refractivity contribution in [2.24, 2.45) is 11.3 Å². The quantitative estimate of drug-likeness (QED) is 0.791. The maximum atomic E-state index is 12.2. The van der Waals surface area contributed by atoms with Crippen molar-refractivity contribution >= 4 is 5.97 Å². The molecule has 0 amide bonds. The van der Waals surface area contributed by atoms with Crippen molar-refractivity contribution < 1.29 is 14.6 Å². The first-order valence-corrected chi connectivity index (χ1v) is 9.73. The Morgan fingerprint density at radius 1 is 1.32 bits per heavy atom. The van der Waals surface area contributed by atoms with Crippen LogP contribution < -0.4 is 0 Å². The third kappa shape index (κ3) is 2.81. The summed E-state index contributed by atoms with van der Waals surface area (Å²) in [6.07, 6.45) is 3.62. The molecule has 0 unspecified atom stereocenters. The van der Waals surface area contributed by atoms with Crippen molar-refractivity contribution in [2.45, 2.75) is 77.7 Å². The molecule has 0 heterocycles. The summed E-state index contributed by atoms with van der Waals surface area (Å²) in [7, 11) is 0. The van der Waals surface area contributed by atoms with E-state index in [0.717, 1.165) is 25.7 Å². The van der Waals surface area contributed by atoms with Crippen LogP contribution in [0.1, 0.15) is 89.0 Å². The van der Waals surface area contributed by atoms with E-state index in [2.05, 4.69) is 39.0 Å². The van der Waals surface area contributed by atoms with Gasteiger partial charge in [0.15, 0.2) is 0 Å². The molecular weight excluding hydrogens is 312 g/mol. The molecule has 0 bridgehead atoms. The van der Waals surface area contributed by atoms with Gasteiger partial charge < -0.3 is 9.84 Å². The van der Waals surface area contributed by atoms with Crippen LogP contribution in [0.15, 0.2) is 18.2 Å². The summed E-state index contributed by atoms with van der Waals surface area (Å²) in [5.41, 5.74) is 3.20. The predicted molar refractivity (Wildman–Crippen MR) is 100.0 cm³/mol. The van der Waals surface area contributed by atoms with Crippen LogP contribution in [0.5, 0.6) is 0 Å². The second-order valence-corrected chi connectivity index (χ2v) is 8.73. The van der Waals surface area contributed by atoms with Gasteiger partial charge in [-0.25, -0.2) is 0 Å². The first-order chi connectivity index (χ1) is 11.7. The smallest absolute Gasteiger partial charge is 0.309 e. The van der Waals surface area contributed by atoms with Crippen molar-refractivity contribution in [3.63, 3.8) is 0 Å². The number of carbonyl (C=O) groups is 1. The number of carboxylic acids is 1. The third-order valence-corrected chi connectivity index (χ3v) is 6.94. The Morgan fingerprint density at radius 2 is 2.04 bits per heavy atom. The molecule has 3 heteroatoms. The zero-order valence-corrected chi connectivity index (χ0v) is 16.3. The van der Waals surface area contributed by atoms with Crippen LogP contribution in [-0.2, 0) is 14.9 Å². The summed E-state index contributed by atoms with van der Waals surface area (Å²) >= 11 is 0. The predicted octanol–water partition coefficient (Wildman–Crippen LogP) is 5.44. The molecule has 0 saturated heterocycles. The van der Waals surface area contributed by atoms with Crippen molar-refractivity contribution in [3.05, 3.63) is 34.9 Å². The van der Waals surface area contributed by atoms with Gasteiger partial charge in [0.25, 0.3) is 0 Å². The lowest BCUT2D eigenvalue weighted by Gasteiger charge is -2.55. The number of hydrogen-bond donors (Lipinski definition) is 1. The molecule has 0 aliphatic heterocycles. The van der Waals surface area contributed by atoms with E-state index in [4.69, 9.17) is 4.74 Å². The van der Waals surface area contributed by atoms with Gasteiger partial charge in [0.05, 0.1) is 11.5 Å². The number of carboxylic acid groups (broad SMARTS) is 1. The summed E-state index contributed by atoms with van der Waals surface area (Å²) in [6, 6.07) is 6.80. The molecule has 138 valence electrons. The second kappa shape index (κ2) is 6.42. The lowest BCUT2D eigenvalue weighted by atomic mass is 9.49. The number of fused-ring (bicyclic) bond motifs is 3. The third-order valence-electron chi connectivity index (χ3n) is 6.94. The minimum Gasteiger partial charge on any atom is -0.481 e. The average Bonchev–Trinajstić information content (AvgIpc) is 2.56. The molecule has 2 aliphatic carbocycles. The van der Waals surface area contributed by atoms with Gasteiger partial charge in [-0.15, -0.1) is 0 Å². The summed E-state index contributed by atoms with van der Waals surface area (Å²) in [4.78, 5) is 12.2. The van der Waals surface area contributed by atoms with Gasteiger partial charge >= 0.3 is 5.97 Å². The number of benzene rings is 1. The Kier molecular flexibility index (Phi) is 4.74. The van der Waals surface area contributed by atoms with Crippen LogP contribution in [0, 0.1) is 11.3 Å². The van der Waals surface area contributed by atoms with Crippen LogP contribution in [0.4, 0.5) is 0 Å². The highest BCUT2D eigenvalue weighted by Crippen LogP contribution is 2.60. The monoisotopic (exact) mass is 344 g/mol. The van der Waals surface area contributed by atoms with Gasteiger partial charge in [0.2, 0.25) is 0 Å². The van der Waals surface area contributed by atoms with Crippen molar-refractivity contribution in [2.75, 3.05) is 6.61 Å². The Morgan fingerprint density at radius 3 is 2.64 bits per heavy atom. The van der Waals surface area contributed by atoms with Crippen molar-refractivity contribution in [1.29, 1.82) is 0 Å². The maximum absolute atomic E-state index is 12.2. The van der Waals surface area contributed by atoms with Gasteiger partial charge in [0, 0.05) is 6.61 Å². The second-order valence-electron chi connectivity index (χ2n) is 8.73. The Balaban J connectivity index is 2.15. The Bertz CT molecular complexity index is 665. The van der Waals surface area contributed by atoms with Crippen LogP contribution >= 0.6 is 0 Å². The van der Waals surface area contributed by atoms with Gasteiger partial charge in [-0.1, -0.05) is 45.4 Å². The maximum Gasteiger partial charge on any atom is 0.309 e. The molecule has 0 spiro atoms. The van der Waals surface area contributed by atoms with Gasteiger partial charge in [0.1, 0.15) is 0 Å². The fourth-order valence-electron chi connectivity index (χ4n) is 5.40. The molecular formula is C22H32O3. The lowest BCUT2D eigenvalue weighted by molar-refractivity contribution is -0.159. The Hall–Kier alpha value is -1.35. The number of rotatable bonds is 4. The van der Waals surface area contributed by atoms with Gasteiger partial charge in [-0.2, -0.15) is 0 Å². The van der Waals surface area contributed by atoms with Crippen LogP contribution in [0.2, 0.25) is 0 Å².